The van der Waals surface area contributed by atoms with E-state index < -0.39 is 11.7 Å². The van der Waals surface area contributed by atoms with E-state index in [9.17, 15) is 18.0 Å². The Morgan fingerprint density at radius 2 is 2.05 bits per heavy atom. The smallest absolute Gasteiger partial charge is 0.330 e. The van der Waals surface area contributed by atoms with E-state index in [1.54, 1.807) is 13.0 Å². The fourth-order valence-electron chi connectivity index (χ4n) is 1.82. The second-order valence-electron chi connectivity index (χ2n) is 4.67. The highest BCUT2D eigenvalue weighted by Gasteiger charge is 2.30. The zero-order chi connectivity index (χ0) is 14.5. The molecule has 0 saturated carbocycles. The number of halogens is 3. The monoisotopic (exact) mass is 273 g/mol. The molecule has 0 aliphatic heterocycles. The molecular formula is C14H18F3NO. The Balaban J connectivity index is 2.69. The van der Waals surface area contributed by atoms with Crippen molar-refractivity contribution in [2.45, 2.75) is 32.4 Å². The molecule has 0 radical (unpaired) electrons. The molecule has 0 saturated heterocycles. The zero-order valence-corrected chi connectivity index (χ0v) is 10.8. The second-order valence-corrected chi connectivity index (χ2v) is 4.67. The Hall–Kier alpha value is -1.36. The van der Waals surface area contributed by atoms with Crippen molar-refractivity contribution in [3.05, 3.63) is 35.4 Å². The largest absolute Gasteiger partial charge is 0.416 e. The molecule has 5 heteroatoms. The number of alkyl halides is 3. The van der Waals surface area contributed by atoms with E-state index in [1.807, 2.05) is 0 Å². The molecule has 1 aromatic carbocycles. The Kier molecular flexibility index (Phi) is 5.54. The van der Waals surface area contributed by atoms with Gasteiger partial charge in [-0.15, -0.1) is 0 Å². The SMILES string of the molecule is CC(CCCN)C(=O)Cc1cccc(C(F)(F)F)c1. The summed E-state index contributed by atoms with van der Waals surface area (Å²) in [4.78, 5) is 11.9. The van der Waals surface area contributed by atoms with Crippen molar-refractivity contribution in [2.24, 2.45) is 11.7 Å². The molecule has 0 aliphatic rings. The Morgan fingerprint density at radius 1 is 1.37 bits per heavy atom. The molecule has 1 atom stereocenters. The van der Waals surface area contributed by atoms with Crippen LogP contribution in [0.25, 0.3) is 0 Å². The number of carbonyl (C=O) groups excluding carboxylic acids is 1. The highest BCUT2D eigenvalue weighted by Crippen LogP contribution is 2.29. The molecule has 0 amide bonds. The summed E-state index contributed by atoms with van der Waals surface area (Å²) < 4.78 is 37.6. The molecule has 19 heavy (non-hydrogen) atoms. The fourth-order valence-corrected chi connectivity index (χ4v) is 1.82. The van der Waals surface area contributed by atoms with E-state index in [0.29, 0.717) is 18.5 Å². The van der Waals surface area contributed by atoms with Gasteiger partial charge in [0.2, 0.25) is 0 Å². The maximum Gasteiger partial charge on any atom is 0.416 e. The highest BCUT2D eigenvalue weighted by molar-refractivity contribution is 5.82. The lowest BCUT2D eigenvalue weighted by Crippen LogP contribution is -2.15. The number of benzene rings is 1. The molecule has 106 valence electrons. The van der Waals surface area contributed by atoms with Crippen LogP contribution in [0, 0.1) is 5.92 Å². The first-order chi connectivity index (χ1) is 8.84. The van der Waals surface area contributed by atoms with Crippen LogP contribution in [0.1, 0.15) is 30.9 Å². The van der Waals surface area contributed by atoms with Crippen molar-refractivity contribution >= 4 is 5.78 Å². The lowest BCUT2D eigenvalue weighted by molar-refractivity contribution is -0.137. The van der Waals surface area contributed by atoms with Gasteiger partial charge >= 0.3 is 6.18 Å². The van der Waals surface area contributed by atoms with Gasteiger partial charge in [-0.3, -0.25) is 4.79 Å². The van der Waals surface area contributed by atoms with Crippen LogP contribution in [-0.4, -0.2) is 12.3 Å². The molecule has 0 bridgehead atoms. The summed E-state index contributed by atoms with van der Waals surface area (Å²) >= 11 is 0. The predicted molar refractivity (Wildman–Crippen MR) is 67.6 cm³/mol. The lowest BCUT2D eigenvalue weighted by atomic mass is 9.95. The average Bonchev–Trinajstić information content (AvgIpc) is 2.35. The van der Waals surface area contributed by atoms with Crippen LogP contribution in [0.3, 0.4) is 0 Å². The van der Waals surface area contributed by atoms with Crippen LogP contribution in [-0.2, 0) is 17.4 Å². The minimum Gasteiger partial charge on any atom is -0.330 e. The number of ketones is 1. The maximum absolute atomic E-state index is 12.5. The van der Waals surface area contributed by atoms with Gasteiger partial charge in [-0.25, -0.2) is 0 Å². The van der Waals surface area contributed by atoms with E-state index in [2.05, 4.69) is 0 Å². The third-order valence-corrected chi connectivity index (χ3v) is 3.02. The van der Waals surface area contributed by atoms with Gasteiger partial charge in [0, 0.05) is 12.3 Å². The number of rotatable bonds is 6. The predicted octanol–water partition coefficient (Wildman–Crippen LogP) is 3.19. The van der Waals surface area contributed by atoms with Crippen molar-refractivity contribution in [1.29, 1.82) is 0 Å². The third-order valence-electron chi connectivity index (χ3n) is 3.02. The Labute approximate surface area is 110 Å². The third kappa shape index (κ3) is 5.03. The summed E-state index contributed by atoms with van der Waals surface area (Å²) in [6.07, 6.45) is -2.91. The van der Waals surface area contributed by atoms with Crippen molar-refractivity contribution in [3.8, 4) is 0 Å². The molecule has 0 spiro atoms. The number of nitrogens with two attached hydrogens (primary N) is 1. The summed E-state index contributed by atoms with van der Waals surface area (Å²) in [5, 5.41) is 0. The first-order valence-corrected chi connectivity index (χ1v) is 6.23. The van der Waals surface area contributed by atoms with Gasteiger partial charge in [0.25, 0.3) is 0 Å². The minimum absolute atomic E-state index is 0.0374. The summed E-state index contributed by atoms with van der Waals surface area (Å²) in [6, 6.07) is 4.91. The zero-order valence-electron chi connectivity index (χ0n) is 10.8. The molecule has 2 nitrogen and oxygen atoms in total. The molecule has 0 aliphatic carbocycles. The van der Waals surface area contributed by atoms with Crippen LogP contribution in [0.15, 0.2) is 24.3 Å². The standard InChI is InChI=1S/C14H18F3NO/c1-10(4-3-7-18)13(19)9-11-5-2-6-12(8-11)14(15,16)17/h2,5-6,8,10H,3-4,7,9,18H2,1H3. The van der Waals surface area contributed by atoms with Gasteiger partial charge < -0.3 is 5.73 Å². The quantitative estimate of drug-likeness (QED) is 0.865. The van der Waals surface area contributed by atoms with Gasteiger partial charge in [-0.1, -0.05) is 25.1 Å². The lowest BCUT2D eigenvalue weighted by Gasteiger charge is -2.11. The van der Waals surface area contributed by atoms with E-state index in [0.717, 1.165) is 18.6 Å². The van der Waals surface area contributed by atoms with Crippen LogP contribution >= 0.6 is 0 Å². The summed E-state index contributed by atoms with van der Waals surface area (Å²) in [5.74, 6) is -0.217. The minimum atomic E-state index is -4.37. The molecule has 0 aromatic heterocycles. The summed E-state index contributed by atoms with van der Waals surface area (Å²) in [6.45, 7) is 2.30. The Bertz CT molecular complexity index is 429. The van der Waals surface area contributed by atoms with Crippen LogP contribution in [0.2, 0.25) is 0 Å². The molecule has 1 unspecified atom stereocenters. The molecule has 1 aromatic rings. The molecule has 1 rings (SSSR count). The van der Waals surface area contributed by atoms with Crippen molar-refractivity contribution < 1.29 is 18.0 Å². The van der Waals surface area contributed by atoms with Gasteiger partial charge in [-0.2, -0.15) is 13.2 Å². The molecule has 2 N–H and O–H groups in total. The van der Waals surface area contributed by atoms with Crippen LogP contribution in [0.5, 0.6) is 0 Å². The topological polar surface area (TPSA) is 43.1 Å². The molecule has 0 heterocycles. The van der Waals surface area contributed by atoms with Crippen LogP contribution < -0.4 is 5.73 Å². The van der Waals surface area contributed by atoms with Crippen molar-refractivity contribution in [1.82, 2.24) is 0 Å². The van der Waals surface area contributed by atoms with Crippen molar-refractivity contribution in [3.63, 3.8) is 0 Å². The number of carbonyl (C=O) groups is 1. The number of Topliss-reactive ketones (excluding diaryl/α,β-unsaturated/α-hetero) is 1. The van der Waals surface area contributed by atoms with E-state index in [-0.39, 0.29) is 18.1 Å². The molecular weight excluding hydrogens is 255 g/mol. The van der Waals surface area contributed by atoms with Gasteiger partial charge in [0.15, 0.2) is 0 Å². The first-order valence-electron chi connectivity index (χ1n) is 6.23. The van der Waals surface area contributed by atoms with Gasteiger partial charge in [-0.05, 0) is 31.0 Å². The number of hydrogen-bond acceptors (Lipinski definition) is 2. The van der Waals surface area contributed by atoms with Crippen LogP contribution in [0.4, 0.5) is 13.2 Å². The van der Waals surface area contributed by atoms with Crippen molar-refractivity contribution in [2.75, 3.05) is 6.54 Å². The van der Waals surface area contributed by atoms with E-state index in [4.69, 9.17) is 5.73 Å². The van der Waals surface area contributed by atoms with E-state index in [1.165, 1.54) is 6.07 Å². The molecule has 0 fully saturated rings. The summed E-state index contributed by atoms with van der Waals surface area (Å²) in [5.41, 5.74) is 5.05. The van der Waals surface area contributed by atoms with Gasteiger partial charge in [0.05, 0.1) is 5.56 Å². The number of hydrogen-bond donors (Lipinski definition) is 1. The maximum atomic E-state index is 12.5. The average molecular weight is 273 g/mol. The van der Waals surface area contributed by atoms with E-state index >= 15 is 0 Å². The summed E-state index contributed by atoms with van der Waals surface area (Å²) in [7, 11) is 0. The highest BCUT2D eigenvalue weighted by atomic mass is 19.4. The first kappa shape index (κ1) is 15.7. The van der Waals surface area contributed by atoms with Gasteiger partial charge in [0.1, 0.15) is 5.78 Å². The Morgan fingerprint density at radius 3 is 2.63 bits per heavy atom. The fraction of sp³-hybridized carbons (Fsp3) is 0.500. The second kappa shape index (κ2) is 6.70. The normalized spacial score (nSPS) is 13.3.